The number of nitrogens with one attached hydrogen (secondary N) is 1. The highest BCUT2D eigenvalue weighted by Gasteiger charge is 2.21. The van der Waals surface area contributed by atoms with Crippen molar-refractivity contribution >= 4 is 23.4 Å². The molecule has 0 heterocycles. The predicted octanol–water partition coefficient (Wildman–Crippen LogP) is 2.52. The second kappa shape index (κ2) is 7.59. The SMILES string of the molecule is C=CCSCCNC(=O)c1cc(F)c([N+](=O)[O-])cc1F. The van der Waals surface area contributed by atoms with Crippen LogP contribution in [0.15, 0.2) is 24.8 Å². The average molecular weight is 302 g/mol. The van der Waals surface area contributed by atoms with Crippen molar-refractivity contribution in [3.8, 4) is 0 Å². The van der Waals surface area contributed by atoms with Gasteiger partial charge in [-0.3, -0.25) is 14.9 Å². The molecule has 0 aliphatic rings. The lowest BCUT2D eigenvalue weighted by atomic mass is 10.1. The van der Waals surface area contributed by atoms with E-state index in [4.69, 9.17) is 0 Å². The Morgan fingerprint density at radius 2 is 2.15 bits per heavy atom. The maximum absolute atomic E-state index is 13.5. The van der Waals surface area contributed by atoms with Crippen molar-refractivity contribution in [1.29, 1.82) is 0 Å². The zero-order valence-electron chi connectivity index (χ0n) is 10.4. The number of rotatable bonds is 7. The largest absolute Gasteiger partial charge is 0.351 e. The van der Waals surface area contributed by atoms with Crippen LogP contribution in [0.5, 0.6) is 0 Å². The van der Waals surface area contributed by atoms with Crippen molar-refractivity contribution in [2.45, 2.75) is 0 Å². The lowest BCUT2D eigenvalue weighted by Crippen LogP contribution is -2.27. The normalized spacial score (nSPS) is 10.1. The molecular weight excluding hydrogens is 290 g/mol. The second-order valence-corrected chi connectivity index (χ2v) is 4.81. The van der Waals surface area contributed by atoms with E-state index in [1.807, 2.05) is 0 Å². The molecule has 20 heavy (non-hydrogen) atoms. The van der Waals surface area contributed by atoms with Gasteiger partial charge in [-0.2, -0.15) is 16.2 Å². The Balaban J connectivity index is 2.71. The number of carbonyl (C=O) groups is 1. The second-order valence-electron chi connectivity index (χ2n) is 3.66. The molecule has 1 N–H and O–H groups in total. The molecule has 5 nitrogen and oxygen atoms in total. The van der Waals surface area contributed by atoms with Crippen LogP contribution in [0, 0.1) is 21.7 Å². The number of carbonyl (C=O) groups excluding carboxylic acids is 1. The van der Waals surface area contributed by atoms with Crippen molar-refractivity contribution < 1.29 is 18.5 Å². The van der Waals surface area contributed by atoms with Crippen LogP contribution >= 0.6 is 11.8 Å². The van der Waals surface area contributed by atoms with Gasteiger partial charge in [0.25, 0.3) is 5.91 Å². The number of hydrogen-bond acceptors (Lipinski definition) is 4. The highest BCUT2D eigenvalue weighted by molar-refractivity contribution is 7.99. The van der Waals surface area contributed by atoms with Crippen molar-refractivity contribution in [2.75, 3.05) is 18.1 Å². The zero-order valence-corrected chi connectivity index (χ0v) is 11.2. The molecule has 1 rings (SSSR count). The average Bonchev–Trinajstić information content (AvgIpc) is 2.40. The highest BCUT2D eigenvalue weighted by atomic mass is 32.2. The first kappa shape index (κ1) is 16.1. The third-order valence-electron chi connectivity index (χ3n) is 2.25. The van der Waals surface area contributed by atoms with Crippen LogP contribution in [0.2, 0.25) is 0 Å². The quantitative estimate of drug-likeness (QED) is 0.363. The Kier molecular flexibility index (Phi) is 6.10. The van der Waals surface area contributed by atoms with Gasteiger partial charge >= 0.3 is 5.69 Å². The molecule has 0 aliphatic carbocycles. The molecule has 108 valence electrons. The summed E-state index contributed by atoms with van der Waals surface area (Å²) in [6, 6.07) is 0.927. The molecule has 0 aliphatic heterocycles. The monoisotopic (exact) mass is 302 g/mol. The summed E-state index contributed by atoms with van der Waals surface area (Å²) in [5.74, 6) is -1.88. The Bertz CT molecular complexity index is 538. The van der Waals surface area contributed by atoms with Gasteiger partial charge in [-0.15, -0.1) is 6.58 Å². The predicted molar refractivity (Wildman–Crippen MR) is 72.9 cm³/mol. The minimum atomic E-state index is -1.25. The molecule has 1 amide bonds. The summed E-state index contributed by atoms with van der Waals surface area (Å²) in [6.45, 7) is 3.80. The number of amides is 1. The molecule has 0 spiro atoms. The molecule has 1 aromatic rings. The van der Waals surface area contributed by atoms with Crippen LogP contribution in [-0.4, -0.2) is 28.9 Å². The first-order valence-electron chi connectivity index (χ1n) is 5.57. The molecular formula is C12H12F2N2O3S. The van der Waals surface area contributed by atoms with Gasteiger partial charge < -0.3 is 5.32 Å². The number of nitro groups is 1. The topological polar surface area (TPSA) is 72.2 Å². The van der Waals surface area contributed by atoms with E-state index in [2.05, 4.69) is 11.9 Å². The van der Waals surface area contributed by atoms with Crippen LogP contribution in [0.1, 0.15) is 10.4 Å². The van der Waals surface area contributed by atoms with Crippen LogP contribution in [-0.2, 0) is 0 Å². The van der Waals surface area contributed by atoms with Crippen LogP contribution in [0.4, 0.5) is 14.5 Å². The molecule has 0 radical (unpaired) electrons. The number of nitro benzene ring substituents is 1. The van der Waals surface area contributed by atoms with Crippen LogP contribution in [0.3, 0.4) is 0 Å². The molecule has 8 heteroatoms. The summed E-state index contributed by atoms with van der Waals surface area (Å²) in [6.07, 6.45) is 1.71. The number of halogens is 2. The zero-order chi connectivity index (χ0) is 15.1. The fraction of sp³-hybridized carbons (Fsp3) is 0.250. The van der Waals surface area contributed by atoms with E-state index in [0.717, 1.165) is 5.75 Å². The van der Waals surface area contributed by atoms with Gasteiger partial charge in [0.15, 0.2) is 0 Å². The van der Waals surface area contributed by atoms with E-state index in [1.165, 1.54) is 11.8 Å². The lowest BCUT2D eigenvalue weighted by Gasteiger charge is -2.06. The van der Waals surface area contributed by atoms with E-state index >= 15 is 0 Å². The molecule has 0 saturated carbocycles. The maximum atomic E-state index is 13.5. The first-order chi connectivity index (χ1) is 9.47. The van der Waals surface area contributed by atoms with Crippen molar-refractivity contribution in [3.63, 3.8) is 0 Å². The molecule has 0 saturated heterocycles. The Hall–Kier alpha value is -1.96. The summed E-state index contributed by atoms with van der Waals surface area (Å²) in [7, 11) is 0. The lowest BCUT2D eigenvalue weighted by molar-refractivity contribution is -0.387. The van der Waals surface area contributed by atoms with Crippen LogP contribution < -0.4 is 5.32 Å². The minimum Gasteiger partial charge on any atom is -0.351 e. The van der Waals surface area contributed by atoms with Crippen molar-refractivity contribution in [3.05, 3.63) is 52.1 Å². The summed E-state index contributed by atoms with van der Waals surface area (Å²) < 4.78 is 26.8. The summed E-state index contributed by atoms with van der Waals surface area (Å²) in [4.78, 5) is 21.0. The third kappa shape index (κ3) is 4.30. The van der Waals surface area contributed by atoms with Gasteiger partial charge in [0.1, 0.15) is 5.82 Å². The van der Waals surface area contributed by atoms with Crippen molar-refractivity contribution in [2.24, 2.45) is 0 Å². The molecule has 0 atom stereocenters. The minimum absolute atomic E-state index is 0.273. The molecule has 1 aromatic carbocycles. The standard InChI is InChI=1S/C12H12F2N2O3S/c1-2-4-20-5-3-15-12(17)8-6-10(14)11(16(18)19)7-9(8)13/h2,6-7H,1,3-5H2,(H,15,17). The van der Waals surface area contributed by atoms with Crippen molar-refractivity contribution in [1.82, 2.24) is 5.32 Å². The van der Waals surface area contributed by atoms with Gasteiger partial charge in [-0.05, 0) is 6.07 Å². The van der Waals surface area contributed by atoms with E-state index in [9.17, 15) is 23.7 Å². The van der Waals surface area contributed by atoms with Gasteiger partial charge in [0.2, 0.25) is 5.82 Å². The molecule has 0 aromatic heterocycles. The molecule has 0 unspecified atom stereocenters. The highest BCUT2D eigenvalue weighted by Crippen LogP contribution is 2.21. The number of hydrogen-bond donors (Lipinski definition) is 1. The van der Waals surface area contributed by atoms with E-state index in [-0.39, 0.29) is 6.54 Å². The Morgan fingerprint density at radius 3 is 2.75 bits per heavy atom. The number of nitrogens with zero attached hydrogens (tertiary/aromatic N) is 1. The van der Waals surface area contributed by atoms with E-state index < -0.39 is 33.7 Å². The maximum Gasteiger partial charge on any atom is 0.307 e. The first-order valence-corrected chi connectivity index (χ1v) is 6.73. The van der Waals surface area contributed by atoms with Gasteiger partial charge in [0.05, 0.1) is 16.6 Å². The van der Waals surface area contributed by atoms with Gasteiger partial charge in [-0.25, -0.2) is 4.39 Å². The van der Waals surface area contributed by atoms with Gasteiger partial charge in [-0.1, -0.05) is 6.08 Å². The smallest absolute Gasteiger partial charge is 0.307 e. The Morgan fingerprint density at radius 1 is 1.45 bits per heavy atom. The molecule has 0 bridgehead atoms. The fourth-order valence-electron chi connectivity index (χ4n) is 1.35. The van der Waals surface area contributed by atoms with Crippen LogP contribution in [0.25, 0.3) is 0 Å². The molecule has 0 fully saturated rings. The van der Waals surface area contributed by atoms with E-state index in [0.29, 0.717) is 17.9 Å². The van der Waals surface area contributed by atoms with Gasteiger partial charge in [0, 0.05) is 18.1 Å². The fourth-order valence-corrected chi connectivity index (χ4v) is 1.93. The Labute approximate surface area is 118 Å². The number of thioether (sulfide) groups is 1. The third-order valence-corrected chi connectivity index (χ3v) is 3.21. The summed E-state index contributed by atoms with van der Waals surface area (Å²) in [5.41, 5.74) is -1.55. The van der Waals surface area contributed by atoms with E-state index in [1.54, 1.807) is 6.08 Å². The summed E-state index contributed by atoms with van der Waals surface area (Å²) >= 11 is 1.51. The summed E-state index contributed by atoms with van der Waals surface area (Å²) in [5, 5.41) is 12.8. The number of benzene rings is 1.